The normalized spacial score (nSPS) is 11.8. The number of anilines is 1. The smallest absolute Gasteiger partial charge is 0.238 e. The second kappa shape index (κ2) is 8.76. The van der Waals surface area contributed by atoms with Crippen molar-refractivity contribution in [2.24, 2.45) is 0 Å². The number of rotatable bonds is 7. The summed E-state index contributed by atoms with van der Waals surface area (Å²) in [6, 6.07) is 15.2. The first-order valence-corrected chi connectivity index (χ1v) is 8.69. The Morgan fingerprint density at radius 1 is 1.08 bits per heavy atom. The Morgan fingerprint density at radius 2 is 1.75 bits per heavy atom. The van der Waals surface area contributed by atoms with E-state index in [0.29, 0.717) is 11.3 Å². The van der Waals surface area contributed by atoms with Crippen molar-refractivity contribution >= 4 is 33.3 Å². The Kier molecular flexibility index (Phi) is 6.70. The maximum atomic E-state index is 12.2. The van der Waals surface area contributed by atoms with E-state index in [9.17, 15) is 9.59 Å². The van der Waals surface area contributed by atoms with Crippen LogP contribution in [0.25, 0.3) is 0 Å². The average Bonchev–Trinajstić information content (AvgIpc) is 2.57. The predicted molar refractivity (Wildman–Crippen MR) is 100 cm³/mol. The van der Waals surface area contributed by atoms with Crippen LogP contribution in [0.2, 0.25) is 0 Å². The molecular weight excluding hydrogens is 368 g/mol. The first kappa shape index (κ1) is 18.4. The molecule has 0 bridgehead atoms. The predicted octanol–water partition coefficient (Wildman–Crippen LogP) is 4.33. The van der Waals surface area contributed by atoms with Crippen LogP contribution in [0.5, 0.6) is 0 Å². The number of Topliss-reactive ketones (excluding diaryl/α,β-unsaturated/α-hetero) is 1. The lowest BCUT2D eigenvalue weighted by Crippen LogP contribution is -2.31. The lowest BCUT2D eigenvalue weighted by Gasteiger charge is -2.17. The maximum absolute atomic E-state index is 12.2. The van der Waals surface area contributed by atoms with Gasteiger partial charge in [-0.15, -0.1) is 0 Å². The SMILES string of the molecule is CCC(NCC(=O)Nc1ccccc1C(C)=O)c1ccc(Br)cc1. The monoisotopic (exact) mass is 388 g/mol. The molecule has 0 saturated carbocycles. The van der Waals surface area contributed by atoms with Gasteiger partial charge in [-0.25, -0.2) is 0 Å². The van der Waals surface area contributed by atoms with Crippen LogP contribution in [0.3, 0.4) is 0 Å². The molecule has 0 fully saturated rings. The molecular formula is C19H21BrN2O2. The number of para-hydroxylation sites is 1. The quantitative estimate of drug-likeness (QED) is 0.693. The van der Waals surface area contributed by atoms with Gasteiger partial charge in [-0.05, 0) is 43.2 Å². The minimum absolute atomic E-state index is 0.0693. The van der Waals surface area contributed by atoms with Gasteiger partial charge in [-0.3, -0.25) is 9.59 Å². The molecule has 4 nitrogen and oxygen atoms in total. The van der Waals surface area contributed by atoms with Crippen molar-refractivity contribution in [2.75, 3.05) is 11.9 Å². The topological polar surface area (TPSA) is 58.2 Å². The van der Waals surface area contributed by atoms with Crippen molar-refractivity contribution in [1.82, 2.24) is 5.32 Å². The molecule has 0 aliphatic heterocycles. The van der Waals surface area contributed by atoms with E-state index < -0.39 is 0 Å². The van der Waals surface area contributed by atoms with E-state index in [-0.39, 0.29) is 24.3 Å². The number of carbonyl (C=O) groups is 2. The van der Waals surface area contributed by atoms with Crippen molar-refractivity contribution in [2.45, 2.75) is 26.3 Å². The maximum Gasteiger partial charge on any atom is 0.238 e. The van der Waals surface area contributed by atoms with E-state index in [1.165, 1.54) is 6.92 Å². The molecule has 0 radical (unpaired) electrons. The number of hydrogen-bond donors (Lipinski definition) is 2. The summed E-state index contributed by atoms with van der Waals surface area (Å²) in [5, 5.41) is 6.06. The van der Waals surface area contributed by atoms with Crippen LogP contribution < -0.4 is 10.6 Å². The highest BCUT2D eigenvalue weighted by Gasteiger charge is 2.13. The lowest BCUT2D eigenvalue weighted by molar-refractivity contribution is -0.115. The Morgan fingerprint density at radius 3 is 2.38 bits per heavy atom. The molecule has 5 heteroatoms. The third-order valence-corrected chi connectivity index (χ3v) is 4.30. The summed E-state index contributed by atoms with van der Waals surface area (Å²) >= 11 is 3.42. The van der Waals surface area contributed by atoms with Gasteiger partial charge < -0.3 is 10.6 Å². The van der Waals surface area contributed by atoms with Gasteiger partial charge >= 0.3 is 0 Å². The van der Waals surface area contributed by atoms with Crippen LogP contribution in [-0.4, -0.2) is 18.2 Å². The molecule has 0 aliphatic carbocycles. The molecule has 1 amide bonds. The second-order valence-corrected chi connectivity index (χ2v) is 6.46. The molecule has 126 valence electrons. The highest BCUT2D eigenvalue weighted by Crippen LogP contribution is 2.19. The Hall–Kier alpha value is -1.98. The third kappa shape index (κ3) is 5.01. The van der Waals surface area contributed by atoms with Crippen molar-refractivity contribution < 1.29 is 9.59 Å². The molecule has 2 aromatic rings. The Labute approximate surface area is 150 Å². The molecule has 2 N–H and O–H groups in total. The zero-order valence-electron chi connectivity index (χ0n) is 13.8. The van der Waals surface area contributed by atoms with Crippen LogP contribution in [0.4, 0.5) is 5.69 Å². The van der Waals surface area contributed by atoms with Gasteiger partial charge in [0.1, 0.15) is 0 Å². The summed E-state index contributed by atoms with van der Waals surface area (Å²) in [5.41, 5.74) is 2.21. The standard InChI is InChI=1S/C19H21BrN2O2/c1-3-17(14-8-10-15(20)11-9-14)21-12-19(24)22-18-7-5-4-6-16(18)13(2)23/h4-11,17,21H,3,12H2,1-2H3,(H,22,24). The molecule has 0 aliphatic rings. The number of benzene rings is 2. The van der Waals surface area contributed by atoms with E-state index in [1.54, 1.807) is 24.3 Å². The fourth-order valence-corrected chi connectivity index (χ4v) is 2.77. The van der Waals surface area contributed by atoms with E-state index in [4.69, 9.17) is 0 Å². The van der Waals surface area contributed by atoms with Gasteiger partial charge in [-0.1, -0.05) is 47.1 Å². The van der Waals surface area contributed by atoms with Crippen molar-refractivity contribution in [3.8, 4) is 0 Å². The Bertz CT molecular complexity index is 714. The number of ketones is 1. The first-order chi connectivity index (χ1) is 11.5. The molecule has 0 aromatic heterocycles. The average molecular weight is 389 g/mol. The van der Waals surface area contributed by atoms with Gasteiger partial charge in [0, 0.05) is 16.1 Å². The molecule has 0 spiro atoms. The number of hydrogen-bond acceptors (Lipinski definition) is 3. The summed E-state index contributed by atoms with van der Waals surface area (Å²) in [6.45, 7) is 3.74. The molecule has 0 saturated heterocycles. The molecule has 2 aromatic carbocycles. The minimum Gasteiger partial charge on any atom is -0.324 e. The van der Waals surface area contributed by atoms with Gasteiger partial charge in [0.2, 0.25) is 5.91 Å². The van der Waals surface area contributed by atoms with Gasteiger partial charge in [0.25, 0.3) is 0 Å². The fourth-order valence-electron chi connectivity index (χ4n) is 2.50. The Balaban J connectivity index is 1.97. The van der Waals surface area contributed by atoms with Crippen molar-refractivity contribution in [1.29, 1.82) is 0 Å². The van der Waals surface area contributed by atoms with Gasteiger partial charge in [0.15, 0.2) is 5.78 Å². The zero-order chi connectivity index (χ0) is 17.5. The van der Waals surface area contributed by atoms with Crippen LogP contribution in [0.15, 0.2) is 53.0 Å². The molecule has 1 unspecified atom stereocenters. The van der Waals surface area contributed by atoms with Gasteiger partial charge in [-0.2, -0.15) is 0 Å². The highest BCUT2D eigenvalue weighted by molar-refractivity contribution is 9.10. The first-order valence-electron chi connectivity index (χ1n) is 7.90. The van der Waals surface area contributed by atoms with Crippen LogP contribution >= 0.6 is 15.9 Å². The number of amides is 1. The number of nitrogens with one attached hydrogen (secondary N) is 2. The largest absolute Gasteiger partial charge is 0.324 e. The van der Waals surface area contributed by atoms with Crippen LogP contribution in [0.1, 0.15) is 42.2 Å². The molecule has 1 atom stereocenters. The minimum atomic E-state index is -0.167. The summed E-state index contributed by atoms with van der Waals surface area (Å²) in [7, 11) is 0. The zero-order valence-corrected chi connectivity index (χ0v) is 15.4. The molecule has 24 heavy (non-hydrogen) atoms. The van der Waals surface area contributed by atoms with E-state index in [0.717, 1.165) is 16.5 Å². The highest BCUT2D eigenvalue weighted by atomic mass is 79.9. The van der Waals surface area contributed by atoms with E-state index in [1.807, 2.05) is 24.3 Å². The van der Waals surface area contributed by atoms with Crippen LogP contribution in [-0.2, 0) is 4.79 Å². The van der Waals surface area contributed by atoms with Crippen LogP contribution in [0, 0.1) is 0 Å². The summed E-state index contributed by atoms with van der Waals surface area (Å²) in [6.07, 6.45) is 0.874. The van der Waals surface area contributed by atoms with Crippen molar-refractivity contribution in [3.05, 3.63) is 64.1 Å². The van der Waals surface area contributed by atoms with Crippen molar-refractivity contribution in [3.63, 3.8) is 0 Å². The number of halogens is 1. The summed E-state index contributed by atoms with van der Waals surface area (Å²) < 4.78 is 1.03. The molecule has 0 heterocycles. The fraction of sp³-hybridized carbons (Fsp3) is 0.263. The third-order valence-electron chi connectivity index (χ3n) is 3.77. The van der Waals surface area contributed by atoms with Gasteiger partial charge in [0.05, 0.1) is 12.2 Å². The van der Waals surface area contributed by atoms with E-state index in [2.05, 4.69) is 33.5 Å². The summed E-state index contributed by atoms with van der Waals surface area (Å²) in [4.78, 5) is 23.8. The second-order valence-electron chi connectivity index (χ2n) is 5.54. The number of carbonyl (C=O) groups excluding carboxylic acids is 2. The molecule has 2 rings (SSSR count). The lowest BCUT2D eigenvalue weighted by atomic mass is 10.0. The summed E-state index contributed by atoms with van der Waals surface area (Å²) in [5.74, 6) is -0.237. The van der Waals surface area contributed by atoms with E-state index >= 15 is 0 Å².